The molecular weight excluding hydrogens is 338 g/mol. The summed E-state index contributed by atoms with van der Waals surface area (Å²) in [5, 5.41) is 13.5. The molecule has 0 aliphatic heterocycles. The maximum Gasteiger partial charge on any atom is 0.258 e. The molecule has 0 unspecified atom stereocenters. The summed E-state index contributed by atoms with van der Waals surface area (Å²) in [6.45, 7) is -0.257. The maximum absolute atomic E-state index is 12.0. The van der Waals surface area contributed by atoms with Crippen molar-refractivity contribution in [2.45, 2.75) is 12.5 Å². The molecule has 6 heteroatoms. The van der Waals surface area contributed by atoms with Gasteiger partial charge in [0.1, 0.15) is 5.75 Å². The molecule has 2 rings (SSSR count). The predicted molar refractivity (Wildman–Crippen MR) is 97.3 cm³/mol. The molecule has 1 atom stereocenters. The molecule has 0 saturated heterocycles. The van der Waals surface area contributed by atoms with Crippen molar-refractivity contribution >= 4 is 23.6 Å². The van der Waals surface area contributed by atoms with Crippen molar-refractivity contribution in [2.75, 3.05) is 18.6 Å². The zero-order chi connectivity index (χ0) is 18.1. The molecule has 0 aliphatic carbocycles. The molecule has 1 N–H and O–H groups in total. The van der Waals surface area contributed by atoms with Gasteiger partial charge >= 0.3 is 0 Å². The van der Waals surface area contributed by atoms with E-state index in [9.17, 15) is 14.7 Å². The van der Waals surface area contributed by atoms with E-state index in [1.54, 1.807) is 6.07 Å². The van der Waals surface area contributed by atoms with Crippen LogP contribution in [0.4, 0.5) is 0 Å². The van der Waals surface area contributed by atoms with Gasteiger partial charge in [0.05, 0.1) is 12.0 Å². The highest BCUT2D eigenvalue weighted by Gasteiger charge is 2.14. The van der Waals surface area contributed by atoms with Crippen LogP contribution in [0.15, 0.2) is 54.6 Å². The Labute approximate surface area is 151 Å². The van der Waals surface area contributed by atoms with E-state index >= 15 is 0 Å². The standard InChI is InChI=1S/C19H21NO4S/c1-25-12-11-16(19(22)23)20-18(21)13-24-17-10-6-5-9-15(17)14-7-3-2-4-8-14/h2-10,16H,11-13H2,1H3,(H,20,21)(H,22,23)/p-1/t16-/m1/s1. The van der Waals surface area contributed by atoms with E-state index in [1.165, 1.54) is 11.8 Å². The van der Waals surface area contributed by atoms with Gasteiger partial charge in [-0.05, 0) is 30.1 Å². The van der Waals surface area contributed by atoms with E-state index in [0.717, 1.165) is 11.1 Å². The molecule has 0 radical (unpaired) electrons. The number of aliphatic carboxylic acids is 1. The number of rotatable bonds is 9. The number of hydrogen-bond acceptors (Lipinski definition) is 5. The summed E-state index contributed by atoms with van der Waals surface area (Å²) < 4.78 is 5.61. The lowest BCUT2D eigenvalue weighted by Crippen LogP contribution is -2.49. The van der Waals surface area contributed by atoms with Gasteiger partial charge in [0.25, 0.3) is 5.91 Å². The molecule has 2 aromatic carbocycles. The Morgan fingerprint density at radius 1 is 1.12 bits per heavy atom. The van der Waals surface area contributed by atoms with Crippen LogP contribution in [0, 0.1) is 0 Å². The van der Waals surface area contributed by atoms with E-state index in [1.807, 2.05) is 54.8 Å². The number of amides is 1. The average molecular weight is 358 g/mol. The molecule has 0 heterocycles. The van der Waals surface area contributed by atoms with Crippen molar-refractivity contribution in [3.05, 3.63) is 54.6 Å². The van der Waals surface area contributed by atoms with Gasteiger partial charge in [-0.25, -0.2) is 0 Å². The van der Waals surface area contributed by atoms with Crippen molar-refractivity contribution in [1.82, 2.24) is 5.32 Å². The Kier molecular flexibility index (Phi) is 7.35. The van der Waals surface area contributed by atoms with Gasteiger partial charge in [-0.2, -0.15) is 11.8 Å². The molecule has 2 aromatic rings. The Morgan fingerprint density at radius 3 is 2.48 bits per heavy atom. The summed E-state index contributed by atoms with van der Waals surface area (Å²) in [5.41, 5.74) is 1.85. The van der Waals surface area contributed by atoms with E-state index in [0.29, 0.717) is 17.9 Å². The first kappa shape index (κ1) is 18.9. The number of hydrogen-bond donors (Lipinski definition) is 1. The van der Waals surface area contributed by atoms with Crippen LogP contribution in [0.5, 0.6) is 5.75 Å². The number of carbonyl (C=O) groups is 2. The number of carboxylic acid groups (broad SMARTS) is 1. The quantitative estimate of drug-likeness (QED) is 0.738. The summed E-state index contributed by atoms with van der Waals surface area (Å²) in [4.78, 5) is 23.1. The fraction of sp³-hybridized carbons (Fsp3) is 0.263. The molecule has 5 nitrogen and oxygen atoms in total. The second-order valence-corrected chi connectivity index (χ2v) is 6.36. The van der Waals surface area contributed by atoms with Gasteiger partial charge < -0.3 is 20.0 Å². The van der Waals surface area contributed by atoms with Crippen LogP contribution in [-0.2, 0) is 9.59 Å². The Balaban J connectivity index is 1.99. The van der Waals surface area contributed by atoms with Crippen molar-refractivity contribution in [2.24, 2.45) is 0 Å². The highest BCUT2D eigenvalue weighted by molar-refractivity contribution is 7.98. The van der Waals surface area contributed by atoms with E-state index in [-0.39, 0.29) is 6.61 Å². The molecule has 0 aromatic heterocycles. The summed E-state index contributed by atoms with van der Waals surface area (Å²) >= 11 is 1.51. The molecule has 0 saturated carbocycles. The van der Waals surface area contributed by atoms with Crippen LogP contribution in [0.2, 0.25) is 0 Å². The predicted octanol–water partition coefficient (Wildman–Crippen LogP) is 1.72. The molecule has 0 bridgehead atoms. The number of carboxylic acids is 1. The van der Waals surface area contributed by atoms with E-state index in [2.05, 4.69) is 5.32 Å². The molecule has 0 aliphatic rings. The van der Waals surface area contributed by atoms with Gasteiger partial charge in [-0.15, -0.1) is 0 Å². The zero-order valence-electron chi connectivity index (χ0n) is 13.9. The molecule has 132 valence electrons. The molecule has 1 amide bonds. The first-order valence-corrected chi connectivity index (χ1v) is 9.27. The lowest BCUT2D eigenvalue weighted by Gasteiger charge is -2.19. The first-order valence-electron chi connectivity index (χ1n) is 7.88. The third kappa shape index (κ3) is 5.83. The average Bonchev–Trinajstić information content (AvgIpc) is 2.64. The van der Waals surface area contributed by atoms with E-state index < -0.39 is 17.9 Å². The lowest BCUT2D eigenvalue weighted by molar-refractivity contribution is -0.308. The second-order valence-electron chi connectivity index (χ2n) is 5.37. The van der Waals surface area contributed by atoms with Crippen LogP contribution >= 0.6 is 11.8 Å². The van der Waals surface area contributed by atoms with Crippen molar-refractivity contribution in [3.63, 3.8) is 0 Å². The first-order chi connectivity index (χ1) is 12.1. The van der Waals surface area contributed by atoms with Gasteiger partial charge in [-0.1, -0.05) is 48.5 Å². The maximum atomic E-state index is 12.0. The highest BCUT2D eigenvalue weighted by Crippen LogP contribution is 2.29. The fourth-order valence-electron chi connectivity index (χ4n) is 2.31. The minimum absolute atomic E-state index is 0.257. The molecular formula is C19H20NO4S-. The Hall–Kier alpha value is -2.47. The largest absolute Gasteiger partial charge is 0.548 e. The molecule has 25 heavy (non-hydrogen) atoms. The van der Waals surface area contributed by atoms with Crippen LogP contribution in [0.3, 0.4) is 0 Å². The second kappa shape index (κ2) is 9.74. The summed E-state index contributed by atoms with van der Waals surface area (Å²) in [6, 6.07) is 16.1. The third-order valence-corrected chi connectivity index (χ3v) is 4.20. The fourth-order valence-corrected chi connectivity index (χ4v) is 2.78. The van der Waals surface area contributed by atoms with Crippen molar-refractivity contribution < 1.29 is 19.4 Å². The zero-order valence-corrected chi connectivity index (χ0v) is 14.8. The van der Waals surface area contributed by atoms with Crippen molar-refractivity contribution in [3.8, 4) is 16.9 Å². The molecule has 0 spiro atoms. The van der Waals surface area contributed by atoms with Crippen LogP contribution < -0.4 is 15.2 Å². The minimum atomic E-state index is -1.29. The SMILES string of the molecule is CSCC[C@@H](NC(=O)COc1ccccc1-c1ccccc1)C(=O)[O-]. The third-order valence-electron chi connectivity index (χ3n) is 3.56. The molecule has 0 fully saturated rings. The van der Waals surface area contributed by atoms with Crippen LogP contribution in [-0.4, -0.2) is 36.5 Å². The Morgan fingerprint density at radius 2 is 1.80 bits per heavy atom. The number of benzene rings is 2. The topological polar surface area (TPSA) is 78.5 Å². The monoisotopic (exact) mass is 358 g/mol. The Bertz CT molecular complexity index is 706. The smallest absolute Gasteiger partial charge is 0.258 e. The highest BCUT2D eigenvalue weighted by atomic mass is 32.2. The summed E-state index contributed by atoms with van der Waals surface area (Å²) in [6.07, 6.45) is 2.19. The number of para-hydroxylation sites is 1. The lowest BCUT2D eigenvalue weighted by atomic mass is 10.1. The van der Waals surface area contributed by atoms with Crippen LogP contribution in [0.25, 0.3) is 11.1 Å². The van der Waals surface area contributed by atoms with E-state index in [4.69, 9.17) is 4.74 Å². The van der Waals surface area contributed by atoms with Crippen LogP contribution in [0.1, 0.15) is 6.42 Å². The minimum Gasteiger partial charge on any atom is -0.548 e. The summed E-state index contributed by atoms with van der Waals surface area (Å²) in [5.74, 6) is -0.584. The van der Waals surface area contributed by atoms with Gasteiger partial charge in [0.15, 0.2) is 6.61 Å². The van der Waals surface area contributed by atoms with Gasteiger partial charge in [-0.3, -0.25) is 4.79 Å². The number of carbonyl (C=O) groups excluding carboxylic acids is 2. The normalized spacial score (nSPS) is 11.6. The number of thioether (sulfide) groups is 1. The number of ether oxygens (including phenoxy) is 1. The number of nitrogens with one attached hydrogen (secondary N) is 1. The van der Waals surface area contributed by atoms with Crippen molar-refractivity contribution in [1.29, 1.82) is 0 Å². The summed E-state index contributed by atoms with van der Waals surface area (Å²) in [7, 11) is 0. The van der Waals surface area contributed by atoms with Gasteiger partial charge in [0, 0.05) is 5.56 Å². The van der Waals surface area contributed by atoms with Gasteiger partial charge in [0.2, 0.25) is 0 Å².